The summed E-state index contributed by atoms with van der Waals surface area (Å²) in [5, 5.41) is 18.6. The smallest absolute Gasteiger partial charge is 0.303 e. The van der Waals surface area contributed by atoms with Crippen LogP contribution in [0, 0.1) is 12.1 Å². The number of rotatable bonds is 9. The van der Waals surface area contributed by atoms with Crippen molar-refractivity contribution in [3.63, 3.8) is 0 Å². The summed E-state index contributed by atoms with van der Waals surface area (Å²) in [4.78, 5) is 23.7. The van der Waals surface area contributed by atoms with Crippen molar-refractivity contribution in [3.8, 4) is 5.75 Å². The van der Waals surface area contributed by atoms with Gasteiger partial charge >= 0.3 is 5.97 Å². The fourth-order valence-corrected chi connectivity index (χ4v) is 2.79. The number of carbonyl (C=O) groups excluding carboxylic acids is 2. The Morgan fingerprint density at radius 3 is 2.42 bits per heavy atom. The van der Waals surface area contributed by atoms with Crippen LogP contribution < -0.4 is 20.1 Å². The maximum atomic E-state index is 12.8. The van der Waals surface area contributed by atoms with E-state index in [1.54, 1.807) is 19.1 Å². The van der Waals surface area contributed by atoms with Gasteiger partial charge in [0.2, 0.25) is 23.4 Å². The summed E-state index contributed by atoms with van der Waals surface area (Å²) >= 11 is 0. The molecule has 1 heterocycles. The van der Waals surface area contributed by atoms with Gasteiger partial charge in [-0.25, -0.2) is 0 Å². The highest BCUT2D eigenvalue weighted by Gasteiger charge is 2.26. The van der Waals surface area contributed by atoms with Crippen molar-refractivity contribution >= 4 is 11.9 Å². The summed E-state index contributed by atoms with van der Waals surface area (Å²) in [5.74, 6) is -0.374. The maximum absolute atomic E-state index is 12.8. The number of aromatic nitrogens is 1. The summed E-state index contributed by atoms with van der Waals surface area (Å²) < 4.78 is 11.8. The van der Waals surface area contributed by atoms with Crippen LogP contribution in [-0.2, 0) is 20.9 Å². The van der Waals surface area contributed by atoms with Gasteiger partial charge in [-0.15, -0.1) is 0 Å². The van der Waals surface area contributed by atoms with E-state index in [4.69, 9.17) is 9.47 Å². The largest absolute Gasteiger partial charge is 0.618 e. The van der Waals surface area contributed by atoms with Crippen LogP contribution in [0.4, 0.5) is 0 Å². The molecule has 2 N–H and O–H groups in total. The zero-order valence-electron chi connectivity index (χ0n) is 18.7. The first-order chi connectivity index (χ1) is 14.6. The maximum Gasteiger partial charge on any atom is 0.303 e. The fourth-order valence-electron chi connectivity index (χ4n) is 2.79. The number of hydrogen-bond acceptors (Lipinski definition) is 6. The molecule has 1 aromatic heterocycles. The molecule has 0 radical (unpaired) electrons. The molecule has 0 aliphatic carbocycles. The van der Waals surface area contributed by atoms with Gasteiger partial charge in [0, 0.05) is 25.5 Å². The van der Waals surface area contributed by atoms with Gasteiger partial charge < -0.3 is 25.3 Å². The number of carbonyl (C=O) groups is 2. The molecule has 2 aromatic rings. The van der Waals surface area contributed by atoms with Gasteiger partial charge in [-0.2, -0.15) is 4.73 Å². The third kappa shape index (κ3) is 7.90. The van der Waals surface area contributed by atoms with Crippen molar-refractivity contribution in [2.45, 2.75) is 52.9 Å². The average molecular weight is 430 g/mol. The molecule has 1 atom stereocenters. The van der Waals surface area contributed by atoms with E-state index in [1.165, 1.54) is 6.92 Å². The van der Waals surface area contributed by atoms with Crippen molar-refractivity contribution in [1.82, 2.24) is 10.6 Å². The summed E-state index contributed by atoms with van der Waals surface area (Å²) in [6.07, 6.45) is -0.921. The Hall–Kier alpha value is -3.13. The molecule has 2 rings (SSSR count). The van der Waals surface area contributed by atoms with E-state index < -0.39 is 12.1 Å². The lowest BCUT2D eigenvalue weighted by atomic mass is 10.1. The Bertz CT molecular complexity index is 894. The predicted molar refractivity (Wildman–Crippen MR) is 116 cm³/mol. The molecule has 1 amide bonds. The zero-order chi connectivity index (χ0) is 23.0. The zero-order valence-corrected chi connectivity index (χ0v) is 18.7. The van der Waals surface area contributed by atoms with E-state index in [0.29, 0.717) is 22.8 Å². The monoisotopic (exact) mass is 429 g/mol. The first-order valence-electron chi connectivity index (χ1n) is 10.2. The molecule has 8 nitrogen and oxygen atoms in total. The Balaban J connectivity index is 2.10. The number of nitrogens with one attached hydrogen (secondary N) is 2. The van der Waals surface area contributed by atoms with E-state index in [1.807, 2.05) is 51.1 Å². The second-order valence-corrected chi connectivity index (χ2v) is 8.28. The topological polar surface area (TPSA) is 104 Å². The SMILES string of the molecule is CC(=O)OC(CNC(=O)CNC(C)(C)C)c1ccc(OCc2ccccc2)c(C)[n+]1[O-]. The first kappa shape index (κ1) is 24.1. The van der Waals surface area contributed by atoms with Crippen LogP contribution in [0.1, 0.15) is 50.8 Å². The quantitative estimate of drug-likeness (QED) is 0.360. The number of ether oxygens (including phenoxy) is 2. The van der Waals surface area contributed by atoms with Gasteiger partial charge in [-0.3, -0.25) is 9.59 Å². The summed E-state index contributed by atoms with van der Waals surface area (Å²) in [6, 6.07) is 12.8. The highest BCUT2D eigenvalue weighted by Crippen LogP contribution is 2.21. The second-order valence-electron chi connectivity index (χ2n) is 8.28. The molecule has 0 aliphatic rings. The average Bonchev–Trinajstić information content (AvgIpc) is 2.71. The number of esters is 1. The molecule has 0 spiro atoms. The molecule has 0 saturated heterocycles. The third-order valence-electron chi connectivity index (χ3n) is 4.44. The van der Waals surface area contributed by atoms with Gasteiger partial charge in [0.1, 0.15) is 6.61 Å². The highest BCUT2D eigenvalue weighted by atomic mass is 16.5. The lowest BCUT2D eigenvalue weighted by Crippen LogP contribution is -2.45. The van der Waals surface area contributed by atoms with Crippen LogP contribution in [0.5, 0.6) is 5.75 Å². The molecule has 8 heteroatoms. The molecule has 0 bridgehead atoms. The lowest BCUT2D eigenvalue weighted by molar-refractivity contribution is -0.625. The molecule has 0 aliphatic heterocycles. The van der Waals surface area contributed by atoms with Gasteiger partial charge in [0.05, 0.1) is 13.1 Å². The van der Waals surface area contributed by atoms with Crippen LogP contribution >= 0.6 is 0 Å². The summed E-state index contributed by atoms with van der Waals surface area (Å²) in [6.45, 7) is 9.16. The van der Waals surface area contributed by atoms with Crippen LogP contribution in [0.15, 0.2) is 42.5 Å². The van der Waals surface area contributed by atoms with E-state index in [2.05, 4.69) is 10.6 Å². The summed E-state index contributed by atoms with van der Waals surface area (Å²) in [5.41, 5.74) is 1.32. The fraction of sp³-hybridized carbons (Fsp3) is 0.435. The van der Waals surface area contributed by atoms with E-state index in [9.17, 15) is 14.8 Å². The second kappa shape index (κ2) is 10.8. The Morgan fingerprint density at radius 1 is 1.13 bits per heavy atom. The molecule has 1 aromatic carbocycles. The highest BCUT2D eigenvalue weighted by molar-refractivity contribution is 5.78. The van der Waals surface area contributed by atoms with Crippen LogP contribution in [0.25, 0.3) is 0 Å². The number of benzene rings is 1. The van der Waals surface area contributed by atoms with Gasteiger partial charge in [-0.1, -0.05) is 30.3 Å². The molecule has 0 fully saturated rings. The Labute approximate surface area is 183 Å². The van der Waals surface area contributed by atoms with Gasteiger partial charge in [-0.05, 0) is 32.4 Å². The van der Waals surface area contributed by atoms with Crippen molar-refractivity contribution in [2.75, 3.05) is 13.1 Å². The Morgan fingerprint density at radius 2 is 1.81 bits per heavy atom. The minimum absolute atomic E-state index is 0.0177. The normalized spacial score (nSPS) is 12.2. The minimum atomic E-state index is -0.921. The van der Waals surface area contributed by atoms with Crippen molar-refractivity contribution in [2.24, 2.45) is 0 Å². The van der Waals surface area contributed by atoms with Gasteiger partial charge in [0.15, 0.2) is 5.75 Å². The van der Waals surface area contributed by atoms with Crippen LogP contribution in [-0.4, -0.2) is 30.5 Å². The predicted octanol–water partition coefficient (Wildman–Crippen LogP) is 2.32. The Kier molecular flexibility index (Phi) is 8.38. The van der Waals surface area contributed by atoms with Gasteiger partial charge in [0.25, 0.3) is 0 Å². The van der Waals surface area contributed by atoms with E-state index in [0.717, 1.165) is 5.56 Å². The third-order valence-corrected chi connectivity index (χ3v) is 4.44. The van der Waals surface area contributed by atoms with Crippen molar-refractivity contribution in [3.05, 3.63) is 64.6 Å². The number of hydrogen-bond donors (Lipinski definition) is 2. The molecule has 0 saturated carbocycles. The molecular formula is C23H31N3O5. The first-order valence-corrected chi connectivity index (χ1v) is 10.2. The van der Waals surface area contributed by atoms with E-state index in [-0.39, 0.29) is 30.2 Å². The summed E-state index contributed by atoms with van der Waals surface area (Å²) in [7, 11) is 0. The van der Waals surface area contributed by atoms with Crippen LogP contribution in [0.2, 0.25) is 0 Å². The van der Waals surface area contributed by atoms with E-state index >= 15 is 0 Å². The molecule has 168 valence electrons. The number of nitrogens with zero attached hydrogens (tertiary/aromatic N) is 1. The van der Waals surface area contributed by atoms with Crippen LogP contribution in [0.3, 0.4) is 0 Å². The number of pyridine rings is 1. The standard InChI is InChI=1S/C23H31N3O5/c1-16-20(30-15-18-9-7-6-8-10-18)12-11-19(26(16)29)21(31-17(2)27)13-24-22(28)14-25-23(3,4)5/h6-12,21,25H,13-15H2,1-5H3,(H,24,28). The lowest BCUT2D eigenvalue weighted by Gasteiger charge is -2.21. The molecular weight excluding hydrogens is 398 g/mol. The number of amides is 1. The van der Waals surface area contributed by atoms with Crippen molar-refractivity contribution in [1.29, 1.82) is 0 Å². The molecule has 31 heavy (non-hydrogen) atoms. The molecule has 1 unspecified atom stereocenters. The van der Waals surface area contributed by atoms with Crippen molar-refractivity contribution < 1.29 is 23.8 Å². The minimum Gasteiger partial charge on any atom is -0.618 e.